The summed E-state index contributed by atoms with van der Waals surface area (Å²) in [6.45, 7) is 0. The van der Waals surface area contributed by atoms with Gasteiger partial charge in [0.2, 0.25) is 10.4 Å². The molecule has 0 N–H and O–H groups in total. The van der Waals surface area contributed by atoms with E-state index in [9.17, 15) is 17.8 Å². The Kier molecular flexibility index (Phi) is 6.16. The highest BCUT2D eigenvalue weighted by Crippen LogP contribution is 2.25. The van der Waals surface area contributed by atoms with Crippen LogP contribution in [-0.2, 0) is 28.7 Å². The number of para-hydroxylation sites is 2. The van der Waals surface area contributed by atoms with E-state index >= 15 is 0 Å². The van der Waals surface area contributed by atoms with E-state index in [-0.39, 0.29) is 5.63 Å². The Morgan fingerprint density at radius 1 is 1.13 bits per heavy atom. The van der Waals surface area contributed by atoms with Crippen LogP contribution in [0.25, 0.3) is 33.4 Å². The third-order valence-electron chi connectivity index (χ3n) is 4.92. The molecule has 0 amide bonds. The van der Waals surface area contributed by atoms with Gasteiger partial charge in [0.1, 0.15) is 5.58 Å². The lowest BCUT2D eigenvalue weighted by Gasteiger charge is -2.12. The molecule has 0 atom stereocenters. The molecule has 164 valence electrons. The quantitative estimate of drug-likeness (QED) is 0.205. The molecule has 9 nitrogen and oxygen atoms in total. The molecular weight excluding hydrogens is 422 g/mol. The summed E-state index contributed by atoms with van der Waals surface area (Å²) in [7, 11) is 4.26. The smallest absolute Gasteiger partial charge is 0.351 e. The first-order chi connectivity index (χ1) is 14.5. The summed E-state index contributed by atoms with van der Waals surface area (Å²) in [5.74, 6) is 0.827. The van der Waals surface area contributed by atoms with Crippen molar-refractivity contribution in [3.63, 3.8) is 0 Å². The molecular formula is C21H23N3O6S. The van der Waals surface area contributed by atoms with E-state index in [2.05, 4.69) is 4.18 Å². The Morgan fingerprint density at radius 2 is 1.77 bits per heavy atom. The molecule has 4 rings (SSSR count). The number of imidazole rings is 1. The van der Waals surface area contributed by atoms with Gasteiger partial charge in [0.05, 0.1) is 21.2 Å². The van der Waals surface area contributed by atoms with E-state index in [0.717, 1.165) is 35.0 Å². The normalized spacial score (nSPS) is 11.4. The number of hydrogen-bond acceptors (Lipinski definition) is 7. The van der Waals surface area contributed by atoms with Gasteiger partial charge in [-0.2, -0.15) is 0 Å². The van der Waals surface area contributed by atoms with Crippen LogP contribution < -0.4 is 15.1 Å². The lowest BCUT2D eigenvalue weighted by Crippen LogP contribution is -2.31. The minimum absolute atomic E-state index is 0.329. The Morgan fingerprint density at radius 3 is 2.35 bits per heavy atom. The Hall–Kier alpha value is -3.21. The molecule has 0 unspecified atom stereocenters. The average Bonchev–Trinajstić information content (AvgIpc) is 2.97. The first-order valence-electron chi connectivity index (χ1n) is 9.24. The fourth-order valence-electron chi connectivity index (χ4n) is 3.38. The molecule has 10 heteroatoms. The van der Waals surface area contributed by atoms with Crippen LogP contribution in [0.15, 0.2) is 57.7 Å². The van der Waals surface area contributed by atoms with Gasteiger partial charge in [0.15, 0.2) is 16.6 Å². The molecule has 0 aliphatic heterocycles. The maximum absolute atomic E-state index is 12.7. The third kappa shape index (κ3) is 4.61. The van der Waals surface area contributed by atoms with Crippen LogP contribution in [-0.4, -0.2) is 38.7 Å². The number of aromatic nitrogens is 2. The van der Waals surface area contributed by atoms with Crippen molar-refractivity contribution >= 4 is 38.1 Å². The molecule has 2 heterocycles. The molecule has 0 aliphatic rings. The highest BCUT2D eigenvalue weighted by atomic mass is 32.3. The zero-order valence-corrected chi connectivity index (χ0v) is 18.6. The van der Waals surface area contributed by atoms with Gasteiger partial charge in [0.25, 0.3) is 5.82 Å². The minimum Gasteiger partial charge on any atom is -0.726 e. The van der Waals surface area contributed by atoms with Crippen molar-refractivity contribution in [3.05, 3.63) is 59.0 Å². The number of benzene rings is 2. The molecule has 0 saturated heterocycles. The molecule has 0 aliphatic carbocycles. The van der Waals surface area contributed by atoms with Crippen LogP contribution in [0, 0.1) is 0 Å². The van der Waals surface area contributed by atoms with Gasteiger partial charge < -0.3 is 13.9 Å². The molecule has 31 heavy (non-hydrogen) atoms. The van der Waals surface area contributed by atoms with Crippen LogP contribution in [0.1, 0.15) is 0 Å². The van der Waals surface area contributed by atoms with Crippen LogP contribution in [0.4, 0.5) is 5.69 Å². The van der Waals surface area contributed by atoms with Crippen molar-refractivity contribution in [3.8, 4) is 11.4 Å². The third-order valence-corrected chi connectivity index (χ3v) is 5.33. The van der Waals surface area contributed by atoms with Gasteiger partial charge >= 0.3 is 5.63 Å². The second kappa shape index (κ2) is 8.50. The van der Waals surface area contributed by atoms with Gasteiger partial charge in [-0.1, -0.05) is 12.1 Å². The summed E-state index contributed by atoms with van der Waals surface area (Å²) in [5, 5.41) is 0.908. The first kappa shape index (κ1) is 22.5. The zero-order valence-electron chi connectivity index (χ0n) is 17.8. The predicted molar refractivity (Wildman–Crippen MR) is 117 cm³/mol. The summed E-state index contributed by atoms with van der Waals surface area (Å²) in [5.41, 5.74) is 3.97. The van der Waals surface area contributed by atoms with Gasteiger partial charge in [0, 0.05) is 31.2 Å². The van der Waals surface area contributed by atoms with Crippen molar-refractivity contribution in [2.75, 3.05) is 26.1 Å². The number of fused-ring (bicyclic) bond motifs is 2. The number of hydrogen-bond donors (Lipinski definition) is 0. The summed E-state index contributed by atoms with van der Waals surface area (Å²) in [6.07, 6.45) is 0. The van der Waals surface area contributed by atoms with Crippen LogP contribution in [0.3, 0.4) is 0 Å². The molecule has 0 fully saturated rings. The Balaban J connectivity index is 0.000000401. The van der Waals surface area contributed by atoms with Gasteiger partial charge in [-0.3, -0.25) is 4.18 Å². The monoisotopic (exact) mass is 445 g/mol. The maximum atomic E-state index is 12.7. The molecule has 0 radical (unpaired) electrons. The van der Waals surface area contributed by atoms with E-state index in [1.807, 2.05) is 90.8 Å². The minimum atomic E-state index is -4.41. The second-order valence-corrected chi connectivity index (χ2v) is 8.22. The van der Waals surface area contributed by atoms with Gasteiger partial charge in [-0.05, 0) is 30.3 Å². The maximum Gasteiger partial charge on any atom is 0.351 e. The molecule has 0 spiro atoms. The molecule has 0 saturated carbocycles. The van der Waals surface area contributed by atoms with Crippen molar-refractivity contribution in [1.29, 1.82) is 0 Å². The molecule has 4 aromatic rings. The zero-order chi connectivity index (χ0) is 22.9. The van der Waals surface area contributed by atoms with E-state index in [1.165, 1.54) is 0 Å². The van der Waals surface area contributed by atoms with Gasteiger partial charge in [-0.15, -0.1) is 0 Å². The standard InChI is InChI=1S/C20H20N3O2.CH4O4S/c1-21(2)14-10-9-13-11-15(20(24)25-18(13)12-14)19-22(3)16-7-5-6-8-17(16)23(19)4;1-5-6(2,3)4/h5-12H,1-4H3;1H3,(H,2,3,4)/q+1;/p-1. The van der Waals surface area contributed by atoms with E-state index in [4.69, 9.17) is 4.42 Å². The molecule has 2 aromatic heterocycles. The second-order valence-electron chi connectivity index (χ2n) is 7.07. The van der Waals surface area contributed by atoms with Crippen LogP contribution in [0.2, 0.25) is 0 Å². The molecule has 0 bridgehead atoms. The fourth-order valence-corrected chi connectivity index (χ4v) is 3.38. The van der Waals surface area contributed by atoms with Crippen LogP contribution in [0.5, 0.6) is 0 Å². The lowest BCUT2D eigenvalue weighted by atomic mass is 10.1. The summed E-state index contributed by atoms with van der Waals surface area (Å²) in [6, 6.07) is 15.9. The van der Waals surface area contributed by atoms with Gasteiger partial charge in [-0.25, -0.2) is 22.3 Å². The van der Waals surface area contributed by atoms with Crippen molar-refractivity contribution in [2.24, 2.45) is 14.1 Å². The first-order valence-corrected chi connectivity index (χ1v) is 10.6. The largest absolute Gasteiger partial charge is 0.726 e. The average molecular weight is 445 g/mol. The summed E-state index contributed by atoms with van der Waals surface area (Å²) < 4.78 is 40.7. The van der Waals surface area contributed by atoms with E-state index < -0.39 is 10.4 Å². The van der Waals surface area contributed by atoms with Crippen LogP contribution >= 0.6 is 0 Å². The number of nitrogens with zero attached hydrogens (tertiary/aromatic N) is 3. The SMILES string of the molecule is CN(C)c1ccc2cc(-c3n(C)c4ccccc4[n+]3C)c(=O)oc2c1.COS(=O)(=O)[O-]. The number of rotatable bonds is 3. The van der Waals surface area contributed by atoms with E-state index in [0.29, 0.717) is 11.1 Å². The summed E-state index contributed by atoms with van der Waals surface area (Å²) >= 11 is 0. The van der Waals surface area contributed by atoms with Crippen molar-refractivity contribution in [1.82, 2.24) is 4.57 Å². The van der Waals surface area contributed by atoms with Crippen molar-refractivity contribution < 1.29 is 26.1 Å². The fraction of sp³-hybridized carbons (Fsp3) is 0.238. The summed E-state index contributed by atoms with van der Waals surface area (Å²) in [4.78, 5) is 14.7. The number of anilines is 1. The lowest BCUT2D eigenvalue weighted by molar-refractivity contribution is -0.634. The van der Waals surface area contributed by atoms with E-state index in [1.54, 1.807) is 0 Å². The molecule has 2 aromatic carbocycles. The Labute approximate surface area is 179 Å². The highest BCUT2D eigenvalue weighted by molar-refractivity contribution is 7.80. The topological polar surface area (TPSA) is 109 Å². The predicted octanol–water partition coefficient (Wildman–Crippen LogP) is 1.94. The highest BCUT2D eigenvalue weighted by Gasteiger charge is 2.25. The Bertz CT molecular complexity index is 1380. The van der Waals surface area contributed by atoms with Crippen molar-refractivity contribution in [2.45, 2.75) is 0 Å². The number of aryl methyl sites for hydroxylation is 2.